The van der Waals surface area contributed by atoms with Crippen molar-refractivity contribution in [2.75, 3.05) is 4.90 Å². The zero-order valence-corrected chi connectivity index (χ0v) is 35.9. The Morgan fingerprint density at radius 2 is 1.06 bits per heavy atom. The van der Waals surface area contributed by atoms with Crippen LogP contribution in [0.1, 0.15) is 134 Å². The molecule has 0 fully saturated rings. The lowest BCUT2D eigenvalue weighted by Crippen LogP contribution is -2.21. The maximum absolute atomic E-state index is 10.3. The molecule has 0 unspecified atom stereocenters. The summed E-state index contributed by atoms with van der Waals surface area (Å²) in [5.41, 5.74) is -22.2. The molecule has 9 aromatic carbocycles. The molecule has 2 nitrogen and oxygen atoms in total. The Hall–Kier alpha value is -7.16. The van der Waals surface area contributed by atoms with Gasteiger partial charge in [-0.1, -0.05) is 142 Å². The molecule has 0 amide bonds. The van der Waals surface area contributed by atoms with Crippen molar-refractivity contribution in [3.05, 3.63) is 207 Å². The van der Waals surface area contributed by atoms with Crippen LogP contribution in [0.5, 0.6) is 0 Å². The molecule has 2 heteroatoms. The first-order chi connectivity index (χ1) is 47.2. The molecule has 1 aromatic heterocycles. The number of hydrogen-bond acceptors (Lipinski definition) is 2. The summed E-state index contributed by atoms with van der Waals surface area (Å²) >= 11 is 0. The molecule has 12 rings (SSSR count). The molecule has 1 heterocycles. The minimum absolute atomic E-state index is 0.0335. The minimum Gasteiger partial charge on any atom is -0.455 e. The molecule has 0 saturated carbocycles. The van der Waals surface area contributed by atoms with Crippen LogP contribution >= 0.6 is 0 Å². The quantitative estimate of drug-likeness (QED) is 0.171. The number of benzene rings is 9. The summed E-state index contributed by atoms with van der Waals surface area (Å²) in [4.78, 5) is 0.608. The second-order valence-electron chi connectivity index (χ2n) is 16.5. The van der Waals surface area contributed by atoms with Crippen LogP contribution in [0.25, 0.3) is 77.2 Å². The fourth-order valence-corrected chi connectivity index (χ4v) is 9.72. The smallest absolute Gasteiger partial charge is 0.143 e. The topological polar surface area (TPSA) is 16.4 Å². The van der Waals surface area contributed by atoms with Gasteiger partial charge in [-0.25, -0.2) is 0 Å². The first-order valence-corrected chi connectivity index (χ1v) is 20.6. The summed E-state index contributed by atoms with van der Waals surface area (Å²) in [5, 5.41) is -1.09. The van der Waals surface area contributed by atoms with Gasteiger partial charge in [-0.05, 0) is 178 Å². The van der Waals surface area contributed by atoms with E-state index < -0.39 is 284 Å². The Balaban J connectivity index is 1.27. The van der Waals surface area contributed by atoms with Gasteiger partial charge in [0.2, 0.25) is 0 Å². The van der Waals surface area contributed by atoms with Crippen molar-refractivity contribution in [3.63, 3.8) is 0 Å². The molecular formula is C64H55NO. The number of hydrogen-bond donors (Lipinski definition) is 0. The lowest BCUT2D eigenvalue weighted by atomic mass is 9.79. The molecular weight excluding hydrogens is 799 g/mol. The number of aryl methyl sites for hydroxylation is 2. The first kappa shape index (κ1) is 17.2. The molecule has 0 spiro atoms. The Morgan fingerprint density at radius 3 is 1.77 bits per heavy atom. The second kappa shape index (κ2) is 14.2. The summed E-state index contributed by atoms with van der Waals surface area (Å²) in [6.45, 7) is -8.61. The third-order valence-electron chi connectivity index (χ3n) is 12.7. The van der Waals surface area contributed by atoms with Gasteiger partial charge in [0.05, 0.1) is 40.0 Å². The largest absolute Gasteiger partial charge is 0.455 e. The Morgan fingerprint density at radius 1 is 0.439 bits per heavy atom. The molecule has 0 radical (unpaired) electrons. The van der Waals surface area contributed by atoms with E-state index in [9.17, 15) is 37.0 Å². The normalized spacial score (nSPS) is 22.9. The minimum atomic E-state index is -3.95. The highest BCUT2D eigenvalue weighted by molar-refractivity contribution is 6.20. The first-order valence-electron chi connectivity index (χ1n) is 39.1. The number of anilines is 3. The van der Waals surface area contributed by atoms with Gasteiger partial charge in [-0.2, -0.15) is 0 Å². The van der Waals surface area contributed by atoms with Gasteiger partial charge in [-0.3, -0.25) is 0 Å². The van der Waals surface area contributed by atoms with Gasteiger partial charge in [-0.15, -0.1) is 0 Å². The lowest BCUT2D eigenvalue weighted by molar-refractivity contribution is 0.655. The van der Waals surface area contributed by atoms with Crippen LogP contribution in [0.15, 0.2) is 155 Å². The van der Waals surface area contributed by atoms with Crippen LogP contribution in [-0.2, 0) is 10.8 Å². The Labute approximate surface area is 441 Å². The van der Waals surface area contributed by atoms with Gasteiger partial charge < -0.3 is 9.32 Å². The highest BCUT2D eigenvalue weighted by atomic mass is 16.3. The highest BCUT2D eigenvalue weighted by Gasteiger charge is 2.41. The second-order valence-corrected chi connectivity index (χ2v) is 16.5. The van der Waals surface area contributed by atoms with Gasteiger partial charge in [0.25, 0.3) is 0 Å². The Kier molecular flexibility index (Phi) is 3.70. The van der Waals surface area contributed by atoms with Gasteiger partial charge in [0.15, 0.2) is 0 Å². The van der Waals surface area contributed by atoms with Crippen LogP contribution in [0.4, 0.5) is 17.1 Å². The predicted octanol–water partition coefficient (Wildman–Crippen LogP) is 18.0. The zero-order chi connectivity index (χ0) is 77.3. The van der Waals surface area contributed by atoms with Gasteiger partial charge >= 0.3 is 0 Å². The molecule has 2 aliphatic carbocycles. The van der Waals surface area contributed by atoms with Crippen molar-refractivity contribution in [2.24, 2.45) is 0 Å². The van der Waals surface area contributed by atoms with Crippen molar-refractivity contribution in [3.8, 4) is 44.5 Å². The van der Waals surface area contributed by atoms with E-state index in [0.717, 1.165) is 20.8 Å². The highest BCUT2D eigenvalue weighted by Crippen LogP contribution is 2.57. The lowest BCUT2D eigenvalue weighted by Gasteiger charge is -2.34. The molecule has 0 aliphatic heterocycles. The van der Waals surface area contributed by atoms with Crippen molar-refractivity contribution >= 4 is 49.8 Å². The summed E-state index contributed by atoms with van der Waals surface area (Å²) in [7, 11) is 0. The van der Waals surface area contributed by atoms with E-state index in [4.69, 9.17) is 18.1 Å². The van der Waals surface area contributed by atoms with E-state index in [1.807, 2.05) is 0 Å². The van der Waals surface area contributed by atoms with Crippen molar-refractivity contribution < 1.29 is 55.1 Å². The molecule has 0 N–H and O–H groups in total. The monoisotopic (exact) mass is 891 g/mol. The van der Waals surface area contributed by atoms with Crippen LogP contribution in [0, 0.1) is 41.5 Å². The standard InChI is InChI=1S/C64H55NO/c1-36-18-11-12-20-44(36)51-35-53-49-31-30-45(39(4)61(49)66-62(53)50-23-17-19-37(2)57(50)51)42-26-28-43(29-27-42)65(56-33-32-48-46-21-13-15-24-54(46)63(7,8)58(48)40(56)5)60-38(3)34-52-47-22-14-16-25-55(47)64(9,10)59(52)41(60)6/h11-35H,1-10H3/i7D3,8D3,9D3,10D3,11D,12D,13D,14D,15D,16D,17D,18D,19D,20D,21D,22D,23D,24D,25D,26D,27D,28D,29D,30D,31D,32D,33D,34D,35D. The number of nitrogens with zero attached hydrogens (tertiary/aromatic N) is 1. The number of furan rings is 1. The third kappa shape index (κ3) is 5.48. The molecule has 0 bridgehead atoms. The maximum Gasteiger partial charge on any atom is 0.143 e. The zero-order valence-electron chi connectivity index (χ0n) is 72.9. The fourth-order valence-electron chi connectivity index (χ4n) is 9.72. The van der Waals surface area contributed by atoms with E-state index in [1.165, 1.54) is 20.8 Å². The van der Waals surface area contributed by atoms with Crippen LogP contribution < -0.4 is 4.90 Å². The van der Waals surface area contributed by atoms with E-state index in [0.29, 0.717) is 4.90 Å². The Bertz CT molecular complexity index is 5390. The maximum atomic E-state index is 10.3. The van der Waals surface area contributed by atoms with Crippen LogP contribution in [-0.4, -0.2) is 0 Å². The van der Waals surface area contributed by atoms with Crippen LogP contribution in [0.2, 0.25) is 0 Å². The van der Waals surface area contributed by atoms with Crippen molar-refractivity contribution in [2.45, 2.75) is 79.8 Å². The van der Waals surface area contributed by atoms with E-state index >= 15 is 0 Å². The summed E-state index contributed by atoms with van der Waals surface area (Å²) in [6.07, 6.45) is 0. The molecule has 0 saturated heterocycles. The summed E-state index contributed by atoms with van der Waals surface area (Å²) < 4.78 is 351. The SMILES string of the molecule is [2H]c1c([2H])c([2H])c(-c2c([2H])c3c(oc4c(C)c(-c5c([2H])c([2H])c(N(c6c([2H])c([2H])c7c(c6C)C(C([2H])([2H])[2H])(C([2H])([2H])[2H])c6c([2H])c([2H])c([2H])c([2H])c6-7)c6c(C)c([2H])c7c(c6C)C(C([2H])([2H])[2H])(C([2H])([2H])[2H])c6c([2H])c([2H])c([2H])c([2H])c6-7)c([2H])c5[2H])c([2H])c([2H])c43)c3c([2H])c([2H])c([2H])c(C)c23)c(C)c1[2H]. The molecule has 10 aromatic rings. The molecule has 66 heavy (non-hydrogen) atoms. The number of fused-ring (bicyclic) bond motifs is 11. The van der Waals surface area contributed by atoms with Gasteiger partial charge in [0.1, 0.15) is 11.2 Å². The predicted molar refractivity (Wildman–Crippen MR) is 280 cm³/mol. The third-order valence-corrected chi connectivity index (χ3v) is 12.7. The van der Waals surface area contributed by atoms with E-state index in [-0.39, 0.29) is 54.9 Å². The van der Waals surface area contributed by atoms with Crippen molar-refractivity contribution in [1.82, 2.24) is 0 Å². The molecule has 2 aliphatic rings. The number of rotatable bonds is 5. The van der Waals surface area contributed by atoms with Crippen molar-refractivity contribution in [1.29, 1.82) is 0 Å². The average molecular weight is 891 g/mol. The summed E-state index contributed by atoms with van der Waals surface area (Å²) in [6, 6.07) is -23.4. The molecule has 322 valence electrons. The van der Waals surface area contributed by atoms with E-state index in [2.05, 4.69) is 0 Å². The van der Waals surface area contributed by atoms with Gasteiger partial charge in [0, 0.05) is 60.4 Å². The van der Waals surface area contributed by atoms with Crippen LogP contribution in [0.3, 0.4) is 0 Å². The molecule has 0 atom stereocenters. The average Bonchev–Trinajstić information content (AvgIpc) is 1.53. The fraction of sp³-hybridized carbons (Fsp3) is 0.188. The summed E-state index contributed by atoms with van der Waals surface area (Å²) in [5.74, 6) is 0. The van der Waals surface area contributed by atoms with E-state index in [1.54, 1.807) is 0 Å².